The summed E-state index contributed by atoms with van der Waals surface area (Å²) in [5, 5.41) is 5.81. The summed E-state index contributed by atoms with van der Waals surface area (Å²) in [5.74, 6) is -2.05. The van der Waals surface area contributed by atoms with Crippen molar-refractivity contribution in [3.05, 3.63) is 83.2 Å². The van der Waals surface area contributed by atoms with Crippen LogP contribution in [0.25, 0.3) is 0 Å². The van der Waals surface area contributed by atoms with E-state index in [1.165, 1.54) is 56.5 Å². The minimum Gasteiger partial charge on any atom is -0.494 e. The number of hydrogen-bond acceptors (Lipinski definition) is 7. The quantitative estimate of drug-likeness (QED) is 0.348. The van der Waals surface area contributed by atoms with Gasteiger partial charge in [-0.15, -0.1) is 0 Å². The number of hydrogen-bond donors (Lipinski definition) is 3. The normalized spacial score (nSPS) is 15.7. The first-order chi connectivity index (χ1) is 19.4. The lowest BCUT2D eigenvalue weighted by Gasteiger charge is -2.31. The van der Waals surface area contributed by atoms with Crippen LogP contribution in [0.5, 0.6) is 5.75 Å². The largest absolute Gasteiger partial charge is 0.494 e. The molecule has 1 fully saturated rings. The lowest BCUT2D eigenvalue weighted by atomic mass is 10.0. The highest BCUT2D eigenvalue weighted by atomic mass is 32.2. The van der Waals surface area contributed by atoms with E-state index in [9.17, 15) is 27.2 Å². The van der Waals surface area contributed by atoms with Crippen LogP contribution in [-0.4, -0.2) is 50.9 Å². The summed E-state index contributed by atoms with van der Waals surface area (Å²) in [6.07, 6.45) is 2.17. The zero-order valence-electron chi connectivity index (χ0n) is 22.8. The van der Waals surface area contributed by atoms with Crippen molar-refractivity contribution in [2.45, 2.75) is 36.7 Å². The second kappa shape index (κ2) is 12.0. The van der Waals surface area contributed by atoms with Gasteiger partial charge in [0.2, 0.25) is 17.7 Å². The van der Waals surface area contributed by atoms with Crippen LogP contribution in [0.2, 0.25) is 0 Å². The number of methoxy groups -OCH3 is 1. The van der Waals surface area contributed by atoms with E-state index in [0.29, 0.717) is 41.9 Å². The van der Waals surface area contributed by atoms with E-state index in [1.54, 1.807) is 23.1 Å². The Hall–Kier alpha value is -4.45. The third-order valence-electron chi connectivity index (χ3n) is 6.84. The van der Waals surface area contributed by atoms with Crippen molar-refractivity contribution in [1.82, 2.24) is 4.90 Å². The molecule has 1 aliphatic rings. The molecule has 0 unspecified atom stereocenters. The molecule has 3 aromatic carbocycles. The monoisotopic (exact) mass is 582 g/mol. The van der Waals surface area contributed by atoms with Gasteiger partial charge in [-0.1, -0.05) is 12.1 Å². The van der Waals surface area contributed by atoms with Crippen molar-refractivity contribution in [1.29, 1.82) is 0 Å². The molecule has 41 heavy (non-hydrogen) atoms. The maximum absolute atomic E-state index is 14.3. The van der Waals surface area contributed by atoms with Gasteiger partial charge in [0, 0.05) is 36.7 Å². The molecule has 0 saturated carbocycles. The molecular weight excluding hydrogens is 551 g/mol. The molecular formula is C29H31FN4O6S. The maximum Gasteiger partial charge on any atom is 0.250 e. The fourth-order valence-corrected chi connectivity index (χ4v) is 5.96. The van der Waals surface area contributed by atoms with Gasteiger partial charge < -0.3 is 26.0 Å². The average Bonchev–Trinajstić information content (AvgIpc) is 3.41. The van der Waals surface area contributed by atoms with Crippen LogP contribution in [0.3, 0.4) is 0 Å². The molecule has 0 aromatic heterocycles. The molecule has 1 aliphatic heterocycles. The van der Waals surface area contributed by atoms with Gasteiger partial charge in [-0.2, -0.15) is 0 Å². The number of nitrogens with two attached hydrogens (primary N) is 1. The Labute approximate surface area is 237 Å². The molecule has 0 aliphatic carbocycles. The molecule has 12 heteroatoms. The Morgan fingerprint density at radius 2 is 1.83 bits per heavy atom. The molecule has 3 aromatic rings. The summed E-state index contributed by atoms with van der Waals surface area (Å²) in [7, 11) is -2.37. The van der Waals surface area contributed by atoms with E-state index in [4.69, 9.17) is 10.5 Å². The van der Waals surface area contributed by atoms with Crippen molar-refractivity contribution in [3.63, 3.8) is 0 Å². The number of primary amides is 1. The van der Waals surface area contributed by atoms with Gasteiger partial charge in [0.25, 0.3) is 0 Å². The van der Waals surface area contributed by atoms with Crippen molar-refractivity contribution < 1.29 is 31.9 Å². The highest BCUT2D eigenvalue weighted by Gasteiger charge is 2.37. The summed E-state index contributed by atoms with van der Waals surface area (Å²) >= 11 is 0. The van der Waals surface area contributed by atoms with E-state index in [1.807, 2.05) is 0 Å². The first-order valence-corrected chi connectivity index (χ1v) is 14.7. The number of amides is 3. The van der Waals surface area contributed by atoms with Gasteiger partial charge in [0.05, 0.1) is 18.0 Å². The summed E-state index contributed by atoms with van der Waals surface area (Å²) in [6.45, 7) is 1.67. The third kappa shape index (κ3) is 6.65. The third-order valence-corrected chi connectivity index (χ3v) is 8.01. The maximum atomic E-state index is 14.3. The van der Waals surface area contributed by atoms with Crippen LogP contribution in [0.1, 0.15) is 53.3 Å². The molecule has 10 nitrogen and oxygen atoms in total. The zero-order chi connectivity index (χ0) is 29.9. The van der Waals surface area contributed by atoms with Crippen LogP contribution in [0.15, 0.2) is 65.6 Å². The molecule has 216 valence electrons. The van der Waals surface area contributed by atoms with Crippen molar-refractivity contribution >= 4 is 38.9 Å². The predicted molar refractivity (Wildman–Crippen MR) is 152 cm³/mol. The molecule has 0 bridgehead atoms. The number of nitrogens with zero attached hydrogens (tertiary/aromatic N) is 1. The van der Waals surface area contributed by atoms with Crippen LogP contribution >= 0.6 is 0 Å². The summed E-state index contributed by atoms with van der Waals surface area (Å²) in [6, 6.07) is 13.2. The van der Waals surface area contributed by atoms with Gasteiger partial charge >= 0.3 is 0 Å². The molecule has 0 radical (unpaired) electrons. The van der Waals surface area contributed by atoms with Gasteiger partial charge in [0.1, 0.15) is 6.04 Å². The highest BCUT2D eigenvalue weighted by Crippen LogP contribution is 2.39. The van der Waals surface area contributed by atoms with Crippen molar-refractivity contribution in [2.24, 2.45) is 5.73 Å². The topological polar surface area (TPSA) is 148 Å². The summed E-state index contributed by atoms with van der Waals surface area (Å²) < 4.78 is 44.9. The van der Waals surface area contributed by atoms with Gasteiger partial charge in [-0.3, -0.25) is 14.4 Å². The number of likely N-dealkylation sites (tertiary alicyclic amines) is 1. The van der Waals surface area contributed by atoms with Crippen LogP contribution < -0.4 is 21.1 Å². The lowest BCUT2D eigenvalue weighted by Crippen LogP contribution is -2.38. The standard InChI is InChI=1S/C29H31FN4O6S/c1-17(35)32-21-10-12-26(41(3,38)39)22(16-21)24-8-5-13-34(24)29(37)27(18-9-11-23(30)25(15-18)40-2)33-20-7-4-6-19(14-20)28(31)36/h4,6-7,9-12,14-16,24,27,33H,5,8,13H2,1-3H3,(H2,31,36)(H,32,35)/t24-,27+/m1/s1. The second-order valence-electron chi connectivity index (χ2n) is 9.81. The number of anilines is 2. The van der Waals surface area contributed by atoms with E-state index in [-0.39, 0.29) is 22.1 Å². The Bertz CT molecular complexity index is 1610. The number of halogens is 1. The van der Waals surface area contributed by atoms with Crippen LogP contribution in [0, 0.1) is 5.82 Å². The Morgan fingerprint density at radius 1 is 1.07 bits per heavy atom. The van der Waals surface area contributed by atoms with Gasteiger partial charge in [0.15, 0.2) is 21.4 Å². The molecule has 1 heterocycles. The smallest absolute Gasteiger partial charge is 0.250 e. The molecule has 4 rings (SSSR count). The number of ether oxygens (including phenoxy) is 1. The van der Waals surface area contributed by atoms with Crippen molar-refractivity contribution in [3.8, 4) is 5.75 Å². The molecule has 3 amide bonds. The fraction of sp³-hybridized carbons (Fsp3) is 0.276. The van der Waals surface area contributed by atoms with E-state index >= 15 is 0 Å². The SMILES string of the molecule is COc1cc([C@H](Nc2cccc(C(N)=O)c2)C(=O)N2CCC[C@@H]2c2cc(NC(C)=O)ccc2S(C)(=O)=O)ccc1F. The Kier molecular flexibility index (Phi) is 8.62. The molecule has 0 spiro atoms. The number of sulfone groups is 1. The number of benzene rings is 3. The van der Waals surface area contributed by atoms with Gasteiger partial charge in [-0.25, -0.2) is 12.8 Å². The number of nitrogens with one attached hydrogen (secondary N) is 2. The Balaban J connectivity index is 1.79. The van der Waals surface area contributed by atoms with Gasteiger partial charge in [-0.05, 0) is 72.5 Å². The molecule has 4 N–H and O–H groups in total. The Morgan fingerprint density at radius 3 is 2.49 bits per heavy atom. The first kappa shape index (κ1) is 29.5. The average molecular weight is 583 g/mol. The number of carbonyl (C=O) groups is 3. The molecule has 2 atom stereocenters. The highest BCUT2D eigenvalue weighted by molar-refractivity contribution is 7.90. The lowest BCUT2D eigenvalue weighted by molar-refractivity contribution is -0.133. The molecule has 1 saturated heterocycles. The van der Waals surface area contributed by atoms with Crippen LogP contribution in [0.4, 0.5) is 15.8 Å². The minimum absolute atomic E-state index is 0.0541. The second-order valence-corrected chi connectivity index (χ2v) is 11.8. The van der Waals surface area contributed by atoms with Crippen LogP contribution in [-0.2, 0) is 19.4 Å². The number of rotatable bonds is 9. The number of carbonyl (C=O) groups excluding carboxylic acids is 3. The predicted octanol–water partition coefficient (Wildman–Crippen LogP) is 3.81. The summed E-state index contributed by atoms with van der Waals surface area (Å²) in [4.78, 5) is 39.4. The fourth-order valence-electron chi connectivity index (χ4n) is 5.02. The summed E-state index contributed by atoms with van der Waals surface area (Å²) in [5.41, 5.74) is 7.26. The van der Waals surface area contributed by atoms with E-state index < -0.39 is 39.6 Å². The van der Waals surface area contributed by atoms with E-state index in [2.05, 4.69) is 10.6 Å². The minimum atomic E-state index is -3.68. The van der Waals surface area contributed by atoms with E-state index in [0.717, 1.165) is 6.26 Å². The van der Waals surface area contributed by atoms with Crippen molar-refractivity contribution in [2.75, 3.05) is 30.5 Å². The zero-order valence-corrected chi connectivity index (χ0v) is 23.6. The first-order valence-electron chi connectivity index (χ1n) is 12.8.